The van der Waals surface area contributed by atoms with Crippen molar-refractivity contribution < 1.29 is 53.8 Å². The summed E-state index contributed by atoms with van der Waals surface area (Å²) in [5, 5.41) is 3.25. The van der Waals surface area contributed by atoms with Crippen molar-refractivity contribution in [2.45, 2.75) is 102 Å². The largest absolute Gasteiger partial charge is 0.673 e. The van der Waals surface area contributed by atoms with E-state index in [4.69, 9.17) is 0 Å². The zero-order chi connectivity index (χ0) is 27.3. The summed E-state index contributed by atoms with van der Waals surface area (Å²) in [7, 11) is -5.65. The Hall–Kier alpha value is 0.228. The maximum Gasteiger partial charge on any atom is 0.673 e. The molecule has 39 heavy (non-hydrogen) atoms. The Balaban J connectivity index is 0.000000509. The number of rotatable bonds is 2. The van der Waals surface area contributed by atoms with E-state index in [0.717, 1.165) is 22.6 Å². The predicted molar refractivity (Wildman–Crippen MR) is 160 cm³/mol. The first-order valence-corrected chi connectivity index (χ1v) is 16.7. The molecular weight excluding hydrogens is 668 g/mol. The van der Waals surface area contributed by atoms with Gasteiger partial charge in [0.05, 0.1) is 0 Å². The van der Waals surface area contributed by atoms with Crippen molar-refractivity contribution >= 4 is 23.1 Å². The van der Waals surface area contributed by atoms with Crippen LogP contribution >= 0.6 is 15.8 Å². The van der Waals surface area contributed by atoms with Crippen molar-refractivity contribution in [3.8, 4) is 0 Å². The molecule has 5 aliphatic rings. The zero-order valence-corrected chi connectivity index (χ0v) is 28.1. The summed E-state index contributed by atoms with van der Waals surface area (Å²) in [6.07, 6.45) is 37.7. The zero-order valence-electron chi connectivity index (χ0n) is 23.6. The van der Waals surface area contributed by atoms with E-state index in [1.807, 2.05) is 0 Å². The molecule has 223 valence electrons. The molecule has 9 heteroatoms. The number of halogens is 4. The molecule has 4 atom stereocenters. The second kappa shape index (κ2) is 21.0. The normalized spacial score (nSPS) is 30.6. The van der Waals surface area contributed by atoms with Crippen LogP contribution in [0.1, 0.15) is 79.1 Å². The standard InChI is InChI=1S/2C11H16P.C8H12.BF4.Fe.Rh/c2*1-9-7-8-10(2)12(9)11-5-3-4-6-11;1-2-4-6-8-7-5-3-1;2-1(3,4)5;;/h2*3-6,9-10H,7-8H2,1-2H3;1-2,7-8H,3-6H2;;;/q;;;-1;;. The van der Waals surface area contributed by atoms with Crippen LogP contribution in [-0.4, -0.2) is 29.9 Å². The Bertz CT molecular complexity index is 768. The maximum atomic E-state index is 9.75. The van der Waals surface area contributed by atoms with E-state index in [0.29, 0.717) is 0 Å². The second-order valence-electron chi connectivity index (χ2n) is 10.2. The predicted octanol–water partition coefficient (Wildman–Crippen LogP) is 11.4. The van der Waals surface area contributed by atoms with E-state index in [9.17, 15) is 17.3 Å². The molecule has 2 saturated heterocycles. The van der Waals surface area contributed by atoms with Gasteiger partial charge in [0.1, 0.15) is 0 Å². The van der Waals surface area contributed by atoms with Gasteiger partial charge in [-0.2, -0.15) is 0 Å². The summed E-state index contributed by atoms with van der Waals surface area (Å²) >= 11 is 0. The third-order valence-corrected chi connectivity index (χ3v) is 13.7. The molecule has 0 spiro atoms. The van der Waals surface area contributed by atoms with Crippen molar-refractivity contribution in [3.63, 3.8) is 0 Å². The van der Waals surface area contributed by atoms with Crippen LogP contribution in [-0.2, 0) is 36.5 Å². The van der Waals surface area contributed by atoms with Gasteiger partial charge in [0, 0.05) is 49.4 Å². The molecule has 0 N–H and O–H groups in total. The van der Waals surface area contributed by atoms with Gasteiger partial charge < -0.3 is 17.3 Å². The smallest absolute Gasteiger partial charge is 0.418 e. The van der Waals surface area contributed by atoms with E-state index < -0.39 is 7.25 Å². The second-order valence-corrected chi connectivity index (χ2v) is 16.4. The van der Waals surface area contributed by atoms with Crippen LogP contribution < -0.4 is 0 Å². The van der Waals surface area contributed by atoms with Crippen LogP contribution in [0.5, 0.6) is 0 Å². The minimum absolute atomic E-state index is 0. The van der Waals surface area contributed by atoms with Crippen molar-refractivity contribution in [3.05, 3.63) is 84.2 Å². The van der Waals surface area contributed by atoms with E-state index in [2.05, 4.69) is 101 Å². The Morgan fingerprint density at radius 2 is 0.821 bits per heavy atom. The van der Waals surface area contributed by atoms with E-state index in [1.54, 1.807) is 10.6 Å². The maximum absolute atomic E-state index is 9.75. The Morgan fingerprint density at radius 1 is 0.564 bits per heavy atom. The Morgan fingerprint density at radius 3 is 1.03 bits per heavy atom. The summed E-state index contributed by atoms with van der Waals surface area (Å²) in [6, 6.07) is 0. The SMILES string of the molecule is C1=CCCC=CCC1.CC1CCC(C)P1C1=CC=C[CH]1.CC1CCC(C)P1C1=CC=C[CH]1.F[B-](F)(F)F.[Fe].[Rh]. The molecule has 3 aliphatic carbocycles. The summed E-state index contributed by atoms with van der Waals surface area (Å²) in [5.74, 6) is 0. The Kier molecular flexibility index (Phi) is 21.1. The molecule has 2 fully saturated rings. The van der Waals surface area contributed by atoms with Crippen LogP contribution in [0.25, 0.3) is 0 Å². The molecule has 0 aromatic carbocycles. The number of allylic oxidation sites excluding steroid dienone is 12. The van der Waals surface area contributed by atoms with Gasteiger partial charge in [-0.05, 0) is 84.6 Å². The van der Waals surface area contributed by atoms with Crippen molar-refractivity contribution in [1.29, 1.82) is 0 Å². The fourth-order valence-corrected chi connectivity index (χ4v) is 11.9. The van der Waals surface area contributed by atoms with Gasteiger partial charge in [-0.25, -0.2) is 0 Å². The molecule has 0 aromatic heterocycles. The molecular formula is C30H44BF4FeP2Rh-. The average Bonchev–Trinajstić information content (AvgIpc) is 3.58. The Labute approximate surface area is 261 Å². The van der Waals surface area contributed by atoms with Crippen LogP contribution in [0, 0.1) is 12.8 Å². The first-order valence-electron chi connectivity index (χ1n) is 13.7. The molecule has 0 bridgehead atoms. The average molecular weight is 712 g/mol. The van der Waals surface area contributed by atoms with Crippen LogP contribution in [0.2, 0.25) is 0 Å². The van der Waals surface area contributed by atoms with E-state index >= 15 is 0 Å². The topological polar surface area (TPSA) is 0 Å². The molecule has 4 unspecified atom stereocenters. The van der Waals surface area contributed by atoms with Crippen molar-refractivity contribution in [2.75, 3.05) is 0 Å². The monoisotopic (exact) mass is 712 g/mol. The summed E-state index contributed by atoms with van der Waals surface area (Å²) in [6.45, 7) is 9.68. The first-order chi connectivity index (χ1) is 17.6. The summed E-state index contributed by atoms with van der Waals surface area (Å²) < 4.78 is 39.0. The van der Waals surface area contributed by atoms with Gasteiger partial charge in [-0.3, -0.25) is 0 Å². The minimum Gasteiger partial charge on any atom is -0.418 e. The van der Waals surface area contributed by atoms with E-state index in [1.165, 1.54) is 51.4 Å². The molecule has 0 saturated carbocycles. The van der Waals surface area contributed by atoms with Gasteiger partial charge in [-0.1, -0.05) is 104 Å². The minimum atomic E-state index is -6.00. The fraction of sp³-hybridized carbons (Fsp3) is 0.533. The van der Waals surface area contributed by atoms with Crippen molar-refractivity contribution in [2.24, 2.45) is 0 Å². The van der Waals surface area contributed by atoms with Gasteiger partial charge in [0.25, 0.3) is 0 Å². The summed E-state index contributed by atoms with van der Waals surface area (Å²) in [4.78, 5) is 0. The molecule has 0 nitrogen and oxygen atoms in total. The summed E-state index contributed by atoms with van der Waals surface area (Å²) in [5.41, 5.74) is 3.82. The van der Waals surface area contributed by atoms with Gasteiger partial charge in [-0.15, -0.1) is 0 Å². The van der Waals surface area contributed by atoms with Gasteiger partial charge >= 0.3 is 7.25 Å². The fourth-order valence-electron chi connectivity index (χ4n) is 5.34. The van der Waals surface area contributed by atoms with Crippen LogP contribution in [0.4, 0.5) is 17.3 Å². The van der Waals surface area contributed by atoms with E-state index in [-0.39, 0.29) is 52.4 Å². The number of hydrogen-bond acceptors (Lipinski definition) is 0. The van der Waals surface area contributed by atoms with Crippen molar-refractivity contribution in [1.82, 2.24) is 0 Å². The third-order valence-electron chi connectivity index (χ3n) is 7.12. The van der Waals surface area contributed by atoms with Crippen LogP contribution in [0.3, 0.4) is 0 Å². The van der Waals surface area contributed by atoms with Gasteiger partial charge in [0.2, 0.25) is 0 Å². The quantitative estimate of drug-likeness (QED) is 0.116. The first kappa shape index (κ1) is 39.2. The molecule has 5 rings (SSSR count). The van der Waals surface area contributed by atoms with Crippen LogP contribution in [0.15, 0.2) is 71.4 Å². The third kappa shape index (κ3) is 15.9. The van der Waals surface area contributed by atoms with Gasteiger partial charge in [0.15, 0.2) is 0 Å². The molecule has 0 aromatic rings. The molecule has 0 amide bonds. The molecule has 2 aliphatic heterocycles. The number of hydrogen-bond donors (Lipinski definition) is 0. The molecule has 3 radical (unpaired) electrons. The molecule has 2 heterocycles.